The number of rotatable bonds is 8. The Morgan fingerprint density at radius 3 is 2.90 bits per heavy atom. The first kappa shape index (κ1) is 17.0. The van der Waals surface area contributed by atoms with Gasteiger partial charge in [-0.05, 0) is 53.4 Å². The van der Waals surface area contributed by atoms with Gasteiger partial charge in [0.2, 0.25) is 5.91 Å². The van der Waals surface area contributed by atoms with Crippen molar-refractivity contribution >= 4 is 21.8 Å². The van der Waals surface area contributed by atoms with Gasteiger partial charge in [0.05, 0.1) is 23.6 Å². The summed E-state index contributed by atoms with van der Waals surface area (Å²) in [5.74, 6) is 0.682. The number of carbonyl (C=O) groups excluding carboxylic acids is 1. The molecule has 0 aliphatic rings. The fourth-order valence-corrected chi connectivity index (χ4v) is 2.26. The van der Waals surface area contributed by atoms with Crippen LogP contribution in [0, 0.1) is 6.92 Å². The van der Waals surface area contributed by atoms with Gasteiger partial charge in [0, 0.05) is 6.54 Å². The van der Waals surface area contributed by atoms with Crippen molar-refractivity contribution in [1.82, 2.24) is 5.32 Å². The third-order valence-electron chi connectivity index (χ3n) is 2.95. The van der Waals surface area contributed by atoms with Gasteiger partial charge in [-0.3, -0.25) is 4.79 Å². The van der Waals surface area contributed by atoms with Crippen molar-refractivity contribution in [2.45, 2.75) is 39.2 Å². The highest BCUT2D eigenvalue weighted by Crippen LogP contribution is 2.25. The second kappa shape index (κ2) is 8.97. The van der Waals surface area contributed by atoms with Crippen LogP contribution in [0.5, 0.6) is 5.75 Å². The Balaban J connectivity index is 2.21. The van der Waals surface area contributed by atoms with Gasteiger partial charge in [-0.2, -0.15) is 0 Å². The zero-order valence-electron chi connectivity index (χ0n) is 12.0. The second-order valence-electron chi connectivity index (χ2n) is 4.73. The molecule has 1 rings (SSSR count). The molecule has 0 heterocycles. The van der Waals surface area contributed by atoms with Gasteiger partial charge >= 0.3 is 0 Å². The number of amides is 1. The van der Waals surface area contributed by atoms with E-state index >= 15 is 0 Å². The maximum atomic E-state index is 11.6. The minimum Gasteiger partial charge on any atom is -0.492 e. The lowest BCUT2D eigenvalue weighted by Crippen LogP contribution is -2.28. The lowest BCUT2D eigenvalue weighted by atomic mass is 10.2. The molecule has 0 spiro atoms. The highest BCUT2D eigenvalue weighted by Gasteiger charge is 2.05. The van der Waals surface area contributed by atoms with E-state index in [1.54, 1.807) is 0 Å². The van der Waals surface area contributed by atoms with Crippen LogP contribution >= 0.6 is 15.9 Å². The predicted molar refractivity (Wildman–Crippen MR) is 82.9 cm³/mol. The second-order valence-corrected chi connectivity index (χ2v) is 5.59. The third kappa shape index (κ3) is 6.39. The van der Waals surface area contributed by atoms with Gasteiger partial charge < -0.3 is 15.2 Å². The van der Waals surface area contributed by atoms with Gasteiger partial charge in [-0.25, -0.2) is 0 Å². The minimum absolute atomic E-state index is 0.0588. The molecule has 0 fully saturated rings. The number of aryl methyl sites for hydroxylation is 1. The third-order valence-corrected chi connectivity index (χ3v) is 3.56. The van der Waals surface area contributed by atoms with Crippen molar-refractivity contribution in [1.29, 1.82) is 0 Å². The van der Waals surface area contributed by atoms with Gasteiger partial charge in [0.1, 0.15) is 5.75 Å². The van der Waals surface area contributed by atoms with Crippen LogP contribution in [0.1, 0.15) is 31.7 Å². The Labute approximate surface area is 128 Å². The molecular weight excluding hydrogens is 322 g/mol. The van der Waals surface area contributed by atoms with E-state index in [0.29, 0.717) is 32.4 Å². The number of ether oxygens (including phenoxy) is 1. The van der Waals surface area contributed by atoms with Crippen LogP contribution in [0.2, 0.25) is 0 Å². The molecule has 1 amide bonds. The molecule has 1 aromatic carbocycles. The maximum absolute atomic E-state index is 11.6. The number of halogens is 1. The molecule has 5 heteroatoms. The number of aliphatic hydroxyl groups is 1. The van der Waals surface area contributed by atoms with Crippen molar-refractivity contribution in [3.63, 3.8) is 0 Å². The summed E-state index contributed by atoms with van der Waals surface area (Å²) in [6.45, 7) is 4.76. The van der Waals surface area contributed by atoms with Crippen molar-refractivity contribution in [3.05, 3.63) is 28.2 Å². The first-order valence-corrected chi connectivity index (χ1v) is 7.66. The first-order chi connectivity index (χ1) is 9.52. The highest BCUT2D eigenvalue weighted by molar-refractivity contribution is 9.10. The van der Waals surface area contributed by atoms with E-state index in [4.69, 9.17) is 4.74 Å². The van der Waals surface area contributed by atoms with E-state index in [-0.39, 0.29) is 12.0 Å². The van der Waals surface area contributed by atoms with Crippen molar-refractivity contribution < 1.29 is 14.6 Å². The van der Waals surface area contributed by atoms with E-state index < -0.39 is 0 Å². The average molecular weight is 344 g/mol. The monoisotopic (exact) mass is 343 g/mol. The van der Waals surface area contributed by atoms with E-state index in [1.165, 1.54) is 0 Å². The molecule has 2 N–H and O–H groups in total. The maximum Gasteiger partial charge on any atom is 0.223 e. The smallest absolute Gasteiger partial charge is 0.223 e. The zero-order valence-corrected chi connectivity index (χ0v) is 13.6. The molecule has 0 aromatic heterocycles. The Kier molecular flexibility index (Phi) is 7.62. The summed E-state index contributed by atoms with van der Waals surface area (Å²) < 4.78 is 6.45. The average Bonchev–Trinajstić information content (AvgIpc) is 2.41. The molecule has 4 nitrogen and oxygen atoms in total. The molecule has 0 bridgehead atoms. The van der Waals surface area contributed by atoms with Crippen LogP contribution in [-0.2, 0) is 4.79 Å². The van der Waals surface area contributed by atoms with E-state index in [9.17, 15) is 9.90 Å². The van der Waals surface area contributed by atoms with Crippen LogP contribution in [-0.4, -0.2) is 30.3 Å². The quantitative estimate of drug-likeness (QED) is 0.762. The summed E-state index contributed by atoms with van der Waals surface area (Å²) in [5, 5.41) is 12.1. The van der Waals surface area contributed by atoms with Gasteiger partial charge in [-0.1, -0.05) is 13.0 Å². The lowest BCUT2D eigenvalue weighted by Gasteiger charge is -2.10. The van der Waals surface area contributed by atoms with E-state index in [0.717, 1.165) is 15.8 Å². The molecule has 0 radical (unpaired) electrons. The Morgan fingerprint density at radius 2 is 2.25 bits per heavy atom. The largest absolute Gasteiger partial charge is 0.492 e. The lowest BCUT2D eigenvalue weighted by molar-refractivity contribution is -0.121. The van der Waals surface area contributed by atoms with Crippen LogP contribution < -0.4 is 10.1 Å². The molecule has 0 saturated carbocycles. The predicted octanol–water partition coefficient (Wildman–Crippen LogP) is 2.80. The number of carbonyl (C=O) groups is 1. The zero-order chi connectivity index (χ0) is 15.0. The topological polar surface area (TPSA) is 58.6 Å². The number of hydrogen-bond donors (Lipinski definition) is 2. The van der Waals surface area contributed by atoms with Gasteiger partial charge in [-0.15, -0.1) is 0 Å². The molecule has 112 valence electrons. The summed E-state index contributed by atoms with van der Waals surface area (Å²) in [6.07, 6.45) is 1.27. The van der Waals surface area contributed by atoms with E-state index in [1.807, 2.05) is 32.0 Å². The van der Waals surface area contributed by atoms with Crippen LogP contribution in [0.3, 0.4) is 0 Å². The summed E-state index contributed by atoms with van der Waals surface area (Å²) in [5.41, 5.74) is 1.15. The molecular formula is C15H22BrNO3. The van der Waals surface area contributed by atoms with Crippen molar-refractivity contribution in [3.8, 4) is 5.75 Å². The molecule has 0 aliphatic carbocycles. The fraction of sp³-hybridized carbons (Fsp3) is 0.533. The molecule has 20 heavy (non-hydrogen) atoms. The van der Waals surface area contributed by atoms with Crippen LogP contribution in [0.25, 0.3) is 0 Å². The highest BCUT2D eigenvalue weighted by atomic mass is 79.9. The molecule has 1 unspecified atom stereocenters. The van der Waals surface area contributed by atoms with Gasteiger partial charge in [0.15, 0.2) is 0 Å². The van der Waals surface area contributed by atoms with Crippen LogP contribution in [0.15, 0.2) is 22.7 Å². The minimum atomic E-state index is -0.338. The Bertz CT molecular complexity index is 437. The molecule has 0 saturated heterocycles. The van der Waals surface area contributed by atoms with Crippen molar-refractivity contribution in [2.75, 3.05) is 13.2 Å². The normalized spacial score (nSPS) is 12.0. The van der Waals surface area contributed by atoms with E-state index in [2.05, 4.69) is 21.2 Å². The summed E-state index contributed by atoms with van der Waals surface area (Å²) >= 11 is 3.43. The Hall–Kier alpha value is -1.07. The Morgan fingerprint density at radius 1 is 1.50 bits per heavy atom. The molecule has 0 aliphatic heterocycles. The molecule has 1 atom stereocenters. The van der Waals surface area contributed by atoms with Crippen LogP contribution in [0.4, 0.5) is 0 Å². The fourth-order valence-electron chi connectivity index (χ4n) is 1.65. The van der Waals surface area contributed by atoms with Crippen molar-refractivity contribution in [2.24, 2.45) is 0 Å². The molecule has 1 aromatic rings. The number of aliphatic hydroxyl groups excluding tert-OH is 1. The summed E-state index contributed by atoms with van der Waals surface area (Å²) in [7, 11) is 0. The van der Waals surface area contributed by atoms with Gasteiger partial charge in [0.25, 0.3) is 0 Å². The number of nitrogens with one attached hydrogen (secondary N) is 1. The first-order valence-electron chi connectivity index (χ1n) is 6.86. The summed E-state index contributed by atoms with van der Waals surface area (Å²) in [6, 6.07) is 5.82. The standard InChI is InChI=1S/C15H22BrNO3/c1-3-12(18)6-8-17-15(19)7-9-20-14-5-4-11(2)10-13(14)16/h4-5,10,12,18H,3,6-9H2,1-2H3,(H,17,19). The summed E-state index contributed by atoms with van der Waals surface area (Å²) in [4.78, 5) is 11.6. The SMILES string of the molecule is CCC(O)CCNC(=O)CCOc1ccc(C)cc1Br. The number of hydrogen-bond acceptors (Lipinski definition) is 3. The number of benzene rings is 1.